The summed E-state index contributed by atoms with van der Waals surface area (Å²) >= 11 is 0. The largest absolute Gasteiger partial charge is 0.294 e. The molecule has 0 heterocycles. The molecule has 6 rings (SSSR count). The molecule has 0 aliphatic heterocycles. The smallest absolute Gasteiger partial charge is 0.167 e. The maximum atomic E-state index is 13.2. The summed E-state index contributed by atoms with van der Waals surface area (Å²) in [6.45, 7) is 0. The fourth-order valence-corrected chi connectivity index (χ4v) is 4.98. The van der Waals surface area contributed by atoms with Gasteiger partial charge in [-0.1, -0.05) is 103 Å². The van der Waals surface area contributed by atoms with E-state index in [-0.39, 0.29) is 17.6 Å². The lowest BCUT2D eigenvalue weighted by Gasteiger charge is -2.24. The standard InChI is InChI=1S/C29H20O/c30-28-16-15-26-23-10-4-1-7-19(23)13-14-27(26)29(28)22-17-20-8-2-5-11-24(20)25-12-6-3-9-21(25)18-22/h1-18,20,29H. The van der Waals surface area contributed by atoms with Gasteiger partial charge in [-0.05, 0) is 49.6 Å². The Bertz CT molecular complexity index is 1460. The molecule has 3 aliphatic carbocycles. The molecule has 0 saturated carbocycles. The van der Waals surface area contributed by atoms with Crippen LogP contribution in [0.1, 0.15) is 17.0 Å². The fourth-order valence-electron chi connectivity index (χ4n) is 4.98. The molecule has 2 unspecified atom stereocenters. The second kappa shape index (κ2) is 6.67. The molecule has 3 aromatic carbocycles. The Morgan fingerprint density at radius 2 is 1.63 bits per heavy atom. The van der Waals surface area contributed by atoms with Gasteiger partial charge in [0.15, 0.2) is 5.78 Å². The summed E-state index contributed by atoms with van der Waals surface area (Å²) in [4.78, 5) is 13.2. The second-order valence-corrected chi connectivity index (χ2v) is 8.08. The molecule has 1 nitrogen and oxygen atoms in total. The van der Waals surface area contributed by atoms with Crippen molar-refractivity contribution in [3.63, 3.8) is 0 Å². The van der Waals surface area contributed by atoms with Gasteiger partial charge in [-0.3, -0.25) is 4.79 Å². The third kappa shape index (κ3) is 2.59. The van der Waals surface area contributed by atoms with Crippen molar-refractivity contribution in [2.75, 3.05) is 0 Å². The first kappa shape index (κ1) is 17.2. The highest BCUT2D eigenvalue weighted by atomic mass is 16.1. The topological polar surface area (TPSA) is 17.1 Å². The van der Waals surface area contributed by atoms with E-state index in [2.05, 4.69) is 97.1 Å². The molecule has 2 atom stereocenters. The maximum absolute atomic E-state index is 13.2. The van der Waals surface area contributed by atoms with Crippen LogP contribution in [0, 0.1) is 5.92 Å². The number of fused-ring (bicyclic) bond motifs is 5. The van der Waals surface area contributed by atoms with Crippen molar-refractivity contribution < 1.29 is 4.79 Å². The van der Waals surface area contributed by atoms with Crippen molar-refractivity contribution in [3.05, 3.63) is 124 Å². The zero-order chi connectivity index (χ0) is 20.1. The Hall–Kier alpha value is -3.71. The molecule has 0 bridgehead atoms. The first-order valence-electron chi connectivity index (χ1n) is 10.4. The SMILES string of the molecule is O=C1C=Cc2c(ccc3ccccc23)C1C1=CC2C=CC=CC2=c2ccccc2=C1. The van der Waals surface area contributed by atoms with E-state index in [0.717, 1.165) is 16.7 Å². The number of hydrogen-bond acceptors (Lipinski definition) is 1. The molecule has 0 aromatic heterocycles. The van der Waals surface area contributed by atoms with E-state index in [9.17, 15) is 4.79 Å². The summed E-state index contributed by atoms with van der Waals surface area (Å²) < 4.78 is 0. The molecule has 142 valence electrons. The molecule has 0 radical (unpaired) electrons. The molecule has 1 heteroatoms. The molecular formula is C29H20O. The van der Waals surface area contributed by atoms with E-state index in [1.807, 2.05) is 6.08 Å². The minimum absolute atomic E-state index is 0.150. The lowest BCUT2D eigenvalue weighted by molar-refractivity contribution is -0.115. The zero-order valence-electron chi connectivity index (χ0n) is 16.5. The van der Waals surface area contributed by atoms with Gasteiger partial charge in [-0.25, -0.2) is 0 Å². The first-order valence-corrected chi connectivity index (χ1v) is 10.4. The van der Waals surface area contributed by atoms with Crippen LogP contribution in [0.3, 0.4) is 0 Å². The Morgan fingerprint density at radius 3 is 2.60 bits per heavy atom. The van der Waals surface area contributed by atoms with E-state index < -0.39 is 0 Å². The molecular weight excluding hydrogens is 364 g/mol. The van der Waals surface area contributed by atoms with Gasteiger partial charge in [0.2, 0.25) is 0 Å². The number of carbonyl (C=O) groups excluding carboxylic acids is 1. The third-order valence-electron chi connectivity index (χ3n) is 6.38. The van der Waals surface area contributed by atoms with Crippen LogP contribution in [0.15, 0.2) is 103 Å². The Balaban J connectivity index is 1.61. The van der Waals surface area contributed by atoms with Crippen molar-refractivity contribution in [1.29, 1.82) is 0 Å². The average molecular weight is 384 g/mol. The summed E-state index contributed by atoms with van der Waals surface area (Å²) in [5, 5.41) is 4.82. The zero-order valence-corrected chi connectivity index (χ0v) is 16.5. The van der Waals surface area contributed by atoms with Gasteiger partial charge >= 0.3 is 0 Å². The number of carbonyl (C=O) groups is 1. The van der Waals surface area contributed by atoms with Gasteiger partial charge in [0, 0.05) is 5.92 Å². The van der Waals surface area contributed by atoms with Gasteiger partial charge in [0.05, 0.1) is 5.92 Å². The van der Waals surface area contributed by atoms with Gasteiger partial charge in [0.1, 0.15) is 0 Å². The normalized spacial score (nSPS) is 21.4. The van der Waals surface area contributed by atoms with Crippen LogP contribution in [0.5, 0.6) is 0 Å². The van der Waals surface area contributed by atoms with Gasteiger partial charge in [0.25, 0.3) is 0 Å². The van der Waals surface area contributed by atoms with Crippen LogP contribution in [-0.4, -0.2) is 5.78 Å². The molecule has 0 amide bonds. The number of benzene rings is 3. The molecule has 30 heavy (non-hydrogen) atoms. The van der Waals surface area contributed by atoms with Crippen molar-refractivity contribution in [2.45, 2.75) is 5.92 Å². The number of allylic oxidation sites excluding steroid dienone is 7. The first-order chi connectivity index (χ1) is 14.8. The van der Waals surface area contributed by atoms with Crippen LogP contribution in [-0.2, 0) is 4.79 Å². The summed E-state index contributed by atoms with van der Waals surface area (Å²) in [5.74, 6) is 0.0466. The predicted octanol–water partition coefficient (Wildman–Crippen LogP) is 4.83. The minimum atomic E-state index is -0.277. The fraction of sp³-hybridized carbons (Fsp3) is 0.0690. The highest BCUT2D eigenvalue weighted by Gasteiger charge is 2.29. The Kier molecular flexibility index (Phi) is 3.82. The second-order valence-electron chi connectivity index (χ2n) is 8.08. The van der Waals surface area contributed by atoms with Crippen LogP contribution >= 0.6 is 0 Å². The van der Waals surface area contributed by atoms with E-state index in [1.165, 1.54) is 26.8 Å². The Morgan fingerprint density at radius 1 is 0.767 bits per heavy atom. The monoisotopic (exact) mass is 384 g/mol. The highest BCUT2D eigenvalue weighted by Crippen LogP contribution is 2.39. The Labute approximate surface area is 175 Å². The molecule has 0 saturated heterocycles. The predicted molar refractivity (Wildman–Crippen MR) is 124 cm³/mol. The van der Waals surface area contributed by atoms with Crippen molar-refractivity contribution in [1.82, 2.24) is 0 Å². The quantitative estimate of drug-likeness (QED) is 0.587. The van der Waals surface area contributed by atoms with Crippen LogP contribution < -0.4 is 10.4 Å². The molecule has 0 spiro atoms. The molecule has 3 aromatic rings. The highest BCUT2D eigenvalue weighted by molar-refractivity contribution is 6.08. The number of ketones is 1. The van der Waals surface area contributed by atoms with Crippen LogP contribution in [0.25, 0.3) is 28.5 Å². The van der Waals surface area contributed by atoms with Crippen LogP contribution in [0.2, 0.25) is 0 Å². The molecule has 0 N–H and O–H groups in total. The molecule has 3 aliphatic rings. The van der Waals surface area contributed by atoms with Crippen molar-refractivity contribution >= 4 is 34.3 Å². The summed E-state index contributed by atoms with van der Waals surface area (Å²) in [6, 6.07) is 21.2. The summed E-state index contributed by atoms with van der Waals surface area (Å²) in [5.41, 5.74) is 4.62. The maximum Gasteiger partial charge on any atom is 0.167 e. The summed E-state index contributed by atoms with van der Waals surface area (Å²) in [7, 11) is 0. The van der Waals surface area contributed by atoms with E-state index >= 15 is 0 Å². The molecule has 0 fully saturated rings. The van der Waals surface area contributed by atoms with Gasteiger partial charge in [-0.15, -0.1) is 0 Å². The van der Waals surface area contributed by atoms with E-state index in [4.69, 9.17) is 0 Å². The lowest BCUT2D eigenvalue weighted by Crippen LogP contribution is -2.27. The average Bonchev–Trinajstić information content (AvgIpc) is 2.95. The van der Waals surface area contributed by atoms with E-state index in [0.29, 0.717) is 0 Å². The van der Waals surface area contributed by atoms with Crippen LogP contribution in [0.4, 0.5) is 0 Å². The van der Waals surface area contributed by atoms with E-state index in [1.54, 1.807) is 6.08 Å². The van der Waals surface area contributed by atoms with Gasteiger partial charge in [-0.2, -0.15) is 0 Å². The van der Waals surface area contributed by atoms with Gasteiger partial charge < -0.3 is 0 Å². The van der Waals surface area contributed by atoms with Crippen molar-refractivity contribution in [2.24, 2.45) is 5.92 Å². The summed E-state index contributed by atoms with van der Waals surface area (Å²) in [6.07, 6.45) is 16.8. The third-order valence-corrected chi connectivity index (χ3v) is 6.38. The lowest BCUT2D eigenvalue weighted by atomic mass is 9.78. The van der Waals surface area contributed by atoms with Crippen molar-refractivity contribution in [3.8, 4) is 0 Å². The minimum Gasteiger partial charge on any atom is -0.294 e. The number of rotatable bonds is 1. The number of hydrogen-bond donors (Lipinski definition) is 0.